The van der Waals surface area contributed by atoms with E-state index >= 15 is 0 Å². The van der Waals surface area contributed by atoms with Crippen LogP contribution in [0.15, 0.2) is 54.6 Å². The number of nitriles is 1. The summed E-state index contributed by atoms with van der Waals surface area (Å²) in [6.07, 6.45) is 0. The third-order valence-corrected chi connectivity index (χ3v) is 5.26. The van der Waals surface area contributed by atoms with Gasteiger partial charge in [0, 0.05) is 22.2 Å². The van der Waals surface area contributed by atoms with Crippen molar-refractivity contribution in [3.8, 4) is 34.1 Å². The lowest BCUT2D eigenvalue weighted by Crippen LogP contribution is -1.98. The molecule has 0 heterocycles. The Hall–Kier alpha value is -4.46. The first-order valence-electron chi connectivity index (χ1n) is 10.5. The van der Waals surface area contributed by atoms with Crippen LogP contribution in [0.4, 0.5) is 39.6 Å². The molecule has 0 atom stereocenters. The molecule has 0 N–H and O–H groups in total. The van der Waals surface area contributed by atoms with Gasteiger partial charge in [0.05, 0.1) is 11.1 Å². The molecule has 4 aromatic carbocycles. The van der Waals surface area contributed by atoms with Crippen LogP contribution in [0.3, 0.4) is 0 Å². The van der Waals surface area contributed by atoms with E-state index in [4.69, 9.17) is 5.26 Å². The van der Waals surface area contributed by atoms with Crippen molar-refractivity contribution in [2.24, 2.45) is 0 Å². The molecule has 0 aromatic heterocycles. The number of rotatable bonds is 4. The molecular formula is C27H14F9NO. The zero-order chi connectivity index (χ0) is 28.1. The van der Waals surface area contributed by atoms with Crippen molar-refractivity contribution < 1.29 is 44.6 Å². The maximum absolute atomic E-state index is 14.5. The molecule has 4 rings (SSSR count). The predicted molar refractivity (Wildman–Crippen MR) is 119 cm³/mol. The minimum atomic E-state index is -1.38. The normalized spacial score (nSPS) is 10.4. The summed E-state index contributed by atoms with van der Waals surface area (Å²) in [6.45, 7) is 0.288. The largest absolute Gasteiger partial charge is 0.294 e. The summed E-state index contributed by atoms with van der Waals surface area (Å²) in [7, 11) is 0. The lowest BCUT2D eigenvalue weighted by atomic mass is 9.97. The summed E-state index contributed by atoms with van der Waals surface area (Å²) < 4.78 is 120. The van der Waals surface area contributed by atoms with Crippen LogP contribution in [0, 0.1) is 59.0 Å². The summed E-state index contributed by atoms with van der Waals surface area (Å²) in [5.74, 6) is -8.27. The molecule has 11 heteroatoms. The van der Waals surface area contributed by atoms with Gasteiger partial charge >= 0.3 is 0 Å². The molecule has 2 nitrogen and oxygen atoms in total. The van der Waals surface area contributed by atoms with Crippen molar-refractivity contribution in [2.75, 3.05) is 0 Å². The van der Waals surface area contributed by atoms with E-state index in [1.165, 1.54) is 18.2 Å². The Kier molecular flexibility index (Phi) is 8.68. The van der Waals surface area contributed by atoms with Gasteiger partial charge in [-0.2, -0.15) is 5.26 Å². The minimum absolute atomic E-state index is 0.00918. The van der Waals surface area contributed by atoms with Crippen LogP contribution >= 0.6 is 0 Å². The highest BCUT2D eigenvalue weighted by molar-refractivity contribution is 5.72. The molecule has 0 amide bonds. The Morgan fingerprint density at radius 3 is 1.66 bits per heavy atom. The van der Waals surface area contributed by atoms with Gasteiger partial charge in [-0.1, -0.05) is 12.1 Å². The van der Waals surface area contributed by atoms with Gasteiger partial charge in [0.2, 0.25) is 0 Å². The Morgan fingerprint density at radius 1 is 0.684 bits per heavy atom. The highest BCUT2D eigenvalue weighted by Crippen LogP contribution is 2.34. The second kappa shape index (κ2) is 11.7. The minimum Gasteiger partial charge on any atom is -0.294 e. The number of hydrogen-bond donors (Lipinski definition) is 0. The molecule has 0 unspecified atom stereocenters. The number of nitrogens with zero attached hydrogens (tertiary/aromatic N) is 1. The third kappa shape index (κ3) is 5.91. The van der Waals surface area contributed by atoms with E-state index in [0.717, 1.165) is 12.1 Å². The van der Waals surface area contributed by atoms with E-state index in [1.807, 2.05) is 0 Å². The van der Waals surface area contributed by atoms with Crippen molar-refractivity contribution in [1.29, 1.82) is 5.26 Å². The van der Waals surface area contributed by atoms with Gasteiger partial charge in [0.1, 0.15) is 59.0 Å². The van der Waals surface area contributed by atoms with Gasteiger partial charge < -0.3 is 0 Å². The maximum Gasteiger partial charge on any atom is 0.177 e. The van der Waals surface area contributed by atoms with Crippen molar-refractivity contribution in [3.05, 3.63) is 112 Å². The van der Waals surface area contributed by atoms with Crippen molar-refractivity contribution in [1.82, 2.24) is 0 Å². The standard InChI is InChI=1S/C20H12F6.C7H2F3NO/c1-10-2-3-13(15(22)4-10)11-5-18(25)20(19(26)6-11)12-7-16(23)14(9-21)17(24)8-12;8-6-1-4(12-10)2-7(9)5(6)3-11/h2-8H,9H2,1H3;1-2H. The molecule has 0 saturated carbocycles. The second-order valence-electron chi connectivity index (χ2n) is 7.80. The first kappa shape index (κ1) is 28.1. The fourth-order valence-corrected chi connectivity index (χ4v) is 3.43. The lowest BCUT2D eigenvalue weighted by molar-refractivity contribution is -0.00692. The molecule has 196 valence electrons. The fraction of sp³-hybridized carbons (Fsp3) is 0.0741. The fourth-order valence-electron chi connectivity index (χ4n) is 3.43. The zero-order valence-electron chi connectivity index (χ0n) is 19.2. The SMILES string of the molecule is Cc1ccc(-c2cc(F)c(-c3cc(F)c(CF)c(F)c3)c(F)c2)c(F)c1.N#Cc1c(F)cc(OF)cc1F. The smallest absolute Gasteiger partial charge is 0.177 e. The van der Waals surface area contributed by atoms with Crippen LogP contribution in [-0.2, 0) is 6.67 Å². The van der Waals surface area contributed by atoms with Gasteiger partial charge in [-0.25, -0.2) is 35.1 Å². The molecule has 0 radical (unpaired) electrons. The number of aryl methyl sites for hydroxylation is 1. The van der Waals surface area contributed by atoms with E-state index in [0.29, 0.717) is 29.8 Å². The van der Waals surface area contributed by atoms with Gasteiger partial charge in [-0.3, -0.25) is 4.94 Å². The summed E-state index contributed by atoms with van der Waals surface area (Å²) in [6, 6.07) is 9.72. The number of alkyl halides is 1. The van der Waals surface area contributed by atoms with E-state index in [1.54, 1.807) is 13.0 Å². The van der Waals surface area contributed by atoms with Crippen LogP contribution in [-0.4, -0.2) is 0 Å². The van der Waals surface area contributed by atoms with Crippen molar-refractivity contribution in [2.45, 2.75) is 13.6 Å². The van der Waals surface area contributed by atoms with Gasteiger partial charge in [0.25, 0.3) is 0 Å². The van der Waals surface area contributed by atoms with Crippen LogP contribution < -0.4 is 4.94 Å². The molecule has 0 aliphatic heterocycles. The van der Waals surface area contributed by atoms with Crippen LogP contribution in [0.1, 0.15) is 16.7 Å². The Morgan fingerprint density at radius 2 is 1.21 bits per heavy atom. The van der Waals surface area contributed by atoms with Crippen LogP contribution in [0.2, 0.25) is 0 Å². The first-order chi connectivity index (χ1) is 18.0. The average molecular weight is 539 g/mol. The lowest BCUT2D eigenvalue weighted by Gasteiger charge is -2.11. The molecule has 0 fully saturated rings. The van der Waals surface area contributed by atoms with Crippen molar-refractivity contribution in [3.63, 3.8) is 0 Å². The molecule has 0 aliphatic rings. The summed E-state index contributed by atoms with van der Waals surface area (Å²) in [4.78, 5) is 3.09. The van der Waals surface area contributed by atoms with Crippen molar-refractivity contribution >= 4 is 0 Å². The van der Waals surface area contributed by atoms with Gasteiger partial charge in [-0.15, -0.1) is 0 Å². The third-order valence-electron chi connectivity index (χ3n) is 5.26. The number of halogens is 9. The Bertz CT molecular complexity index is 1480. The van der Waals surface area contributed by atoms with Gasteiger partial charge in [0.15, 0.2) is 5.75 Å². The summed E-state index contributed by atoms with van der Waals surface area (Å²) in [5, 5.41) is 8.20. The van der Waals surface area contributed by atoms with Crippen LogP contribution in [0.25, 0.3) is 22.3 Å². The molecular weight excluding hydrogens is 525 g/mol. The molecule has 0 saturated heterocycles. The molecule has 0 spiro atoms. The van der Waals surface area contributed by atoms with E-state index in [-0.39, 0.29) is 11.1 Å². The van der Waals surface area contributed by atoms with E-state index in [9.17, 15) is 39.6 Å². The molecule has 0 bridgehead atoms. The zero-order valence-corrected chi connectivity index (χ0v) is 19.2. The highest BCUT2D eigenvalue weighted by Gasteiger charge is 2.19. The molecule has 0 aliphatic carbocycles. The topological polar surface area (TPSA) is 33.0 Å². The molecule has 38 heavy (non-hydrogen) atoms. The van der Waals surface area contributed by atoms with E-state index in [2.05, 4.69) is 4.94 Å². The van der Waals surface area contributed by atoms with Gasteiger partial charge in [-0.05, 0) is 53.9 Å². The number of hydrogen-bond acceptors (Lipinski definition) is 2. The average Bonchev–Trinajstić information content (AvgIpc) is 2.83. The summed E-state index contributed by atoms with van der Waals surface area (Å²) >= 11 is 0. The highest BCUT2D eigenvalue weighted by atomic mass is 19.3. The maximum atomic E-state index is 14.5. The summed E-state index contributed by atoms with van der Waals surface area (Å²) in [5.41, 5.74) is -2.08. The van der Waals surface area contributed by atoms with E-state index < -0.39 is 75.4 Å². The second-order valence-corrected chi connectivity index (χ2v) is 7.80. The Balaban J connectivity index is 0.000000279. The quantitative estimate of drug-likeness (QED) is 0.243. The first-order valence-corrected chi connectivity index (χ1v) is 10.5. The predicted octanol–water partition coefficient (Wildman–Crippen LogP) is 8.59. The monoisotopic (exact) mass is 539 g/mol. The van der Waals surface area contributed by atoms with Crippen LogP contribution in [0.5, 0.6) is 5.75 Å². The Labute approximate surface area is 210 Å². The number of benzene rings is 4. The molecule has 4 aromatic rings.